The summed E-state index contributed by atoms with van der Waals surface area (Å²) >= 11 is 10.5. The topological polar surface area (TPSA) is 64.7 Å². The van der Waals surface area contributed by atoms with Crippen LogP contribution in [0.15, 0.2) is 60.7 Å². The van der Waals surface area contributed by atoms with E-state index < -0.39 is 0 Å². The summed E-state index contributed by atoms with van der Waals surface area (Å²) in [5.74, 6) is -0.429. The van der Waals surface area contributed by atoms with Gasteiger partial charge in [0.05, 0.1) is 6.42 Å². The third-order valence-corrected chi connectivity index (χ3v) is 4.03. The fraction of sp³-hybridized carbons (Fsp3) is 0.158. The molecule has 2 N–H and O–H groups in total. The lowest BCUT2D eigenvalue weighted by Gasteiger charge is -2.23. The summed E-state index contributed by atoms with van der Waals surface area (Å²) in [7, 11) is 3.17. The van der Waals surface area contributed by atoms with Gasteiger partial charge in [0.25, 0.3) is 11.8 Å². The molecule has 2 rings (SSSR count). The molecular weight excluding hydrogens is 380 g/mol. The van der Waals surface area contributed by atoms with Gasteiger partial charge in [0, 0.05) is 25.2 Å². The lowest BCUT2D eigenvalue weighted by atomic mass is 10.2. The molecule has 0 spiro atoms. The molecule has 0 bridgehead atoms. The molecule has 0 unspecified atom stereocenters. The van der Waals surface area contributed by atoms with Crippen LogP contribution in [0.25, 0.3) is 0 Å². The minimum absolute atomic E-state index is 0.198. The molecule has 0 heterocycles. The van der Waals surface area contributed by atoms with Crippen LogP contribution < -0.4 is 10.9 Å². The van der Waals surface area contributed by atoms with Crippen LogP contribution in [0.3, 0.4) is 0 Å². The second kappa shape index (κ2) is 9.75. The van der Waals surface area contributed by atoms with Gasteiger partial charge < -0.3 is 0 Å². The molecule has 2 aromatic rings. The van der Waals surface area contributed by atoms with Crippen molar-refractivity contribution in [2.24, 2.45) is 0 Å². The molecule has 0 aliphatic heterocycles. The zero-order valence-electron chi connectivity index (χ0n) is 15.0. The molecule has 140 valence electrons. The molecule has 0 saturated carbocycles. The lowest BCUT2D eigenvalue weighted by molar-refractivity contribution is 0.0755. The largest absolute Gasteiger partial charge is 0.289 e. The summed E-state index contributed by atoms with van der Waals surface area (Å²) in [6, 6.07) is 17.7. The first-order chi connectivity index (χ1) is 12.9. The predicted molar refractivity (Wildman–Crippen MR) is 113 cm³/mol. The Morgan fingerprint density at radius 2 is 1.07 bits per heavy atom. The van der Waals surface area contributed by atoms with Crippen LogP contribution in [0.4, 0.5) is 0 Å². The molecule has 6 nitrogen and oxygen atoms in total. The highest BCUT2D eigenvalue weighted by molar-refractivity contribution is 7.82. The monoisotopic (exact) mass is 400 g/mol. The van der Waals surface area contributed by atoms with Gasteiger partial charge in [-0.05, 0) is 24.3 Å². The maximum Gasteiger partial charge on any atom is 0.271 e. The molecule has 0 fully saturated rings. The highest BCUT2D eigenvalue weighted by Gasteiger charge is 2.15. The number of carbonyl (C=O) groups excluding carboxylic acids is 2. The van der Waals surface area contributed by atoms with E-state index in [1.165, 1.54) is 10.0 Å². The third-order valence-electron chi connectivity index (χ3n) is 3.56. The van der Waals surface area contributed by atoms with Crippen LogP contribution in [0.5, 0.6) is 0 Å². The van der Waals surface area contributed by atoms with Crippen LogP contribution in [0, 0.1) is 0 Å². The van der Waals surface area contributed by atoms with Crippen LogP contribution >= 0.6 is 24.4 Å². The molecule has 0 aliphatic rings. The number of hydrogen-bond acceptors (Lipinski definition) is 4. The predicted octanol–water partition coefficient (Wildman–Crippen LogP) is 2.58. The normalized spacial score (nSPS) is 9.85. The smallest absolute Gasteiger partial charge is 0.271 e. The third kappa shape index (κ3) is 6.12. The van der Waals surface area contributed by atoms with E-state index >= 15 is 0 Å². The van der Waals surface area contributed by atoms with E-state index in [-0.39, 0.29) is 18.2 Å². The summed E-state index contributed by atoms with van der Waals surface area (Å²) in [6.45, 7) is 0. The first kappa shape index (κ1) is 20.5. The van der Waals surface area contributed by atoms with E-state index in [9.17, 15) is 9.59 Å². The Bertz CT molecular complexity index is 759. The van der Waals surface area contributed by atoms with Crippen molar-refractivity contribution < 1.29 is 9.59 Å². The number of rotatable bonds is 4. The maximum absolute atomic E-state index is 12.3. The van der Waals surface area contributed by atoms with Crippen molar-refractivity contribution in [3.8, 4) is 0 Å². The van der Waals surface area contributed by atoms with Crippen molar-refractivity contribution in [1.82, 2.24) is 20.9 Å². The summed E-state index contributed by atoms with van der Waals surface area (Å²) in [5.41, 5.74) is 6.75. The number of amides is 2. The highest BCUT2D eigenvalue weighted by atomic mass is 32.1. The van der Waals surface area contributed by atoms with Crippen molar-refractivity contribution in [3.05, 3.63) is 71.8 Å². The number of carbonyl (C=O) groups is 2. The Hall–Kier alpha value is -2.84. The molecule has 0 aliphatic carbocycles. The fourth-order valence-electron chi connectivity index (χ4n) is 2.25. The van der Waals surface area contributed by atoms with Gasteiger partial charge in [0.15, 0.2) is 0 Å². The SMILES string of the molecule is CN(NC(=S)CC(=S)NN(C)C(=O)c1ccccc1)C(=O)c1ccccc1. The number of nitrogens with zero attached hydrogens (tertiary/aromatic N) is 2. The van der Waals surface area contributed by atoms with Gasteiger partial charge in [-0.25, -0.2) is 0 Å². The molecular formula is C19H20N4O2S2. The number of nitrogens with one attached hydrogen (secondary N) is 2. The minimum Gasteiger partial charge on any atom is -0.289 e. The first-order valence-corrected chi connectivity index (χ1v) is 8.95. The van der Waals surface area contributed by atoms with Gasteiger partial charge in [-0.2, -0.15) is 0 Å². The van der Waals surface area contributed by atoms with E-state index in [0.29, 0.717) is 21.1 Å². The van der Waals surface area contributed by atoms with Gasteiger partial charge in [0.2, 0.25) is 0 Å². The van der Waals surface area contributed by atoms with E-state index in [4.69, 9.17) is 24.4 Å². The van der Waals surface area contributed by atoms with Crippen molar-refractivity contribution in [2.45, 2.75) is 6.42 Å². The van der Waals surface area contributed by atoms with Crippen molar-refractivity contribution in [2.75, 3.05) is 14.1 Å². The van der Waals surface area contributed by atoms with Crippen LogP contribution in [-0.4, -0.2) is 45.9 Å². The van der Waals surface area contributed by atoms with Crippen LogP contribution in [0.2, 0.25) is 0 Å². The molecule has 8 heteroatoms. The summed E-state index contributed by atoms with van der Waals surface area (Å²) in [6.07, 6.45) is 0.198. The summed E-state index contributed by atoms with van der Waals surface area (Å²) in [4.78, 5) is 25.3. The van der Waals surface area contributed by atoms with Crippen molar-refractivity contribution in [1.29, 1.82) is 0 Å². The maximum atomic E-state index is 12.3. The van der Waals surface area contributed by atoms with Gasteiger partial charge in [-0.3, -0.25) is 30.5 Å². The minimum atomic E-state index is -0.215. The van der Waals surface area contributed by atoms with Crippen molar-refractivity contribution in [3.63, 3.8) is 0 Å². The average Bonchev–Trinajstić information content (AvgIpc) is 2.67. The van der Waals surface area contributed by atoms with E-state index in [1.807, 2.05) is 12.1 Å². The Labute approximate surface area is 169 Å². The Morgan fingerprint density at radius 3 is 1.41 bits per heavy atom. The lowest BCUT2D eigenvalue weighted by Crippen LogP contribution is -2.46. The Balaban J connectivity index is 1.83. The number of hydrazine groups is 2. The van der Waals surface area contributed by atoms with Gasteiger partial charge in [-0.1, -0.05) is 60.8 Å². The van der Waals surface area contributed by atoms with E-state index in [0.717, 1.165) is 0 Å². The fourth-order valence-corrected chi connectivity index (χ4v) is 2.90. The van der Waals surface area contributed by atoms with Crippen molar-refractivity contribution >= 4 is 46.2 Å². The second-order valence-electron chi connectivity index (χ2n) is 5.71. The molecule has 2 aromatic carbocycles. The van der Waals surface area contributed by atoms with Gasteiger partial charge in [-0.15, -0.1) is 0 Å². The quantitative estimate of drug-likeness (QED) is 0.608. The average molecular weight is 401 g/mol. The Kier molecular flexibility index (Phi) is 7.39. The Morgan fingerprint density at radius 1 is 0.741 bits per heavy atom. The molecule has 0 atom stereocenters. The summed E-state index contributed by atoms with van der Waals surface area (Å²) in [5, 5.41) is 2.61. The zero-order chi connectivity index (χ0) is 19.8. The number of thiocarbonyl (C=S) groups is 2. The molecule has 0 radical (unpaired) electrons. The first-order valence-electron chi connectivity index (χ1n) is 8.13. The van der Waals surface area contributed by atoms with Crippen LogP contribution in [0.1, 0.15) is 27.1 Å². The second-order valence-corrected chi connectivity index (χ2v) is 6.69. The standard InChI is InChI=1S/C19H20N4O2S2/c1-22(18(24)14-9-5-3-6-10-14)20-16(26)13-17(27)21-23(2)19(25)15-11-7-4-8-12-15/h3-12H,13H2,1-2H3,(H,20,26)(H,21,27). The molecule has 27 heavy (non-hydrogen) atoms. The van der Waals surface area contributed by atoms with Gasteiger partial charge >= 0.3 is 0 Å². The number of benzene rings is 2. The van der Waals surface area contributed by atoms with Gasteiger partial charge in [0.1, 0.15) is 9.98 Å². The van der Waals surface area contributed by atoms with Crippen LogP contribution in [-0.2, 0) is 0 Å². The molecule has 0 saturated heterocycles. The van der Waals surface area contributed by atoms with E-state index in [1.54, 1.807) is 62.6 Å². The zero-order valence-corrected chi connectivity index (χ0v) is 16.6. The molecule has 0 aromatic heterocycles. The van der Waals surface area contributed by atoms with E-state index in [2.05, 4.69) is 10.9 Å². The molecule has 2 amide bonds. The summed E-state index contributed by atoms with van der Waals surface area (Å²) < 4.78 is 0. The highest BCUT2D eigenvalue weighted by Crippen LogP contribution is 2.03. The number of hydrogen-bond donors (Lipinski definition) is 2.